The Labute approximate surface area is 118 Å². The second-order valence-electron chi connectivity index (χ2n) is 4.72. The quantitative estimate of drug-likeness (QED) is 0.506. The van der Waals surface area contributed by atoms with E-state index in [0.29, 0.717) is 5.52 Å². The average molecular weight is 297 g/mol. The first-order valence-electron chi connectivity index (χ1n) is 6.26. The lowest BCUT2D eigenvalue weighted by atomic mass is 10.1. The standard InChI is InChI=1S/C11H15N5O5/c1-20-7-6(18)4(2-17)21-10(7)16-3-13-5-8(12)14-11(19)15-9(5)16/h3-4,6-7,10,17-18H,2H2,1H3,(H3,12,14,15,19)/t4-,6-,7-,10-/m1/s1. The first-order valence-corrected chi connectivity index (χ1v) is 6.26. The van der Waals surface area contributed by atoms with E-state index in [0.717, 1.165) is 0 Å². The van der Waals surface area contributed by atoms with Gasteiger partial charge in [-0.1, -0.05) is 0 Å². The Balaban J connectivity index is 2.10. The maximum absolute atomic E-state index is 11.5. The molecular weight excluding hydrogens is 282 g/mol. The molecule has 3 rings (SSSR count). The summed E-state index contributed by atoms with van der Waals surface area (Å²) in [7, 11) is 1.41. The number of nitrogens with one attached hydrogen (secondary N) is 1. The third-order valence-corrected chi connectivity index (χ3v) is 3.51. The molecule has 0 bridgehead atoms. The minimum absolute atomic E-state index is 0.0926. The number of aliphatic hydroxyl groups excluding tert-OH is 2. The highest BCUT2D eigenvalue weighted by atomic mass is 16.6. The number of H-pyrrole nitrogens is 1. The molecular formula is C11H15N5O5. The Hall–Kier alpha value is -2.01. The molecule has 0 saturated carbocycles. The van der Waals surface area contributed by atoms with Gasteiger partial charge in [0.15, 0.2) is 11.9 Å². The molecule has 1 saturated heterocycles. The van der Waals surface area contributed by atoms with Gasteiger partial charge in [0.2, 0.25) is 0 Å². The van der Waals surface area contributed by atoms with Crippen molar-refractivity contribution in [2.75, 3.05) is 19.5 Å². The van der Waals surface area contributed by atoms with E-state index in [-0.39, 0.29) is 18.1 Å². The van der Waals surface area contributed by atoms with Crippen LogP contribution >= 0.6 is 0 Å². The minimum atomic E-state index is -1.01. The molecule has 0 amide bonds. The number of aromatic nitrogens is 4. The largest absolute Gasteiger partial charge is 0.394 e. The van der Waals surface area contributed by atoms with Crippen molar-refractivity contribution in [1.82, 2.24) is 19.5 Å². The summed E-state index contributed by atoms with van der Waals surface area (Å²) in [4.78, 5) is 21.7. The Morgan fingerprint density at radius 2 is 2.38 bits per heavy atom. The zero-order valence-electron chi connectivity index (χ0n) is 11.1. The van der Waals surface area contributed by atoms with Crippen molar-refractivity contribution in [3.05, 3.63) is 16.8 Å². The van der Waals surface area contributed by atoms with Crippen LogP contribution in [0.3, 0.4) is 0 Å². The molecule has 21 heavy (non-hydrogen) atoms. The van der Waals surface area contributed by atoms with Crippen LogP contribution in [0, 0.1) is 0 Å². The Morgan fingerprint density at radius 3 is 3.05 bits per heavy atom. The van der Waals surface area contributed by atoms with Crippen LogP contribution in [-0.2, 0) is 9.47 Å². The monoisotopic (exact) mass is 297 g/mol. The summed E-state index contributed by atoms with van der Waals surface area (Å²) in [6.45, 7) is -0.361. The molecule has 10 nitrogen and oxygen atoms in total. The fraction of sp³-hybridized carbons (Fsp3) is 0.545. The van der Waals surface area contributed by atoms with Crippen molar-refractivity contribution in [2.24, 2.45) is 0 Å². The van der Waals surface area contributed by atoms with Gasteiger partial charge in [0.1, 0.15) is 29.6 Å². The van der Waals surface area contributed by atoms with Crippen molar-refractivity contribution < 1.29 is 19.7 Å². The van der Waals surface area contributed by atoms with Gasteiger partial charge in [0, 0.05) is 7.11 Å². The molecule has 0 aliphatic carbocycles. The van der Waals surface area contributed by atoms with Gasteiger partial charge in [-0.15, -0.1) is 0 Å². The molecule has 2 aromatic heterocycles. The summed E-state index contributed by atoms with van der Waals surface area (Å²) in [5.74, 6) is 0.0926. The highest BCUT2D eigenvalue weighted by Gasteiger charge is 2.45. The van der Waals surface area contributed by atoms with Crippen LogP contribution < -0.4 is 11.4 Å². The summed E-state index contributed by atoms with van der Waals surface area (Å²) >= 11 is 0. The Morgan fingerprint density at radius 1 is 1.62 bits per heavy atom. The smallest absolute Gasteiger partial charge is 0.348 e. The maximum atomic E-state index is 11.5. The molecule has 0 spiro atoms. The lowest BCUT2D eigenvalue weighted by Crippen LogP contribution is -2.34. The Bertz CT molecular complexity index is 713. The van der Waals surface area contributed by atoms with Gasteiger partial charge in [-0.3, -0.25) is 9.55 Å². The van der Waals surface area contributed by atoms with Gasteiger partial charge in [-0.2, -0.15) is 4.98 Å². The second kappa shape index (κ2) is 5.07. The van der Waals surface area contributed by atoms with Crippen LogP contribution in [0.2, 0.25) is 0 Å². The third-order valence-electron chi connectivity index (χ3n) is 3.51. The molecule has 2 aromatic rings. The molecule has 4 atom stereocenters. The number of aromatic amines is 1. The summed E-state index contributed by atoms with van der Waals surface area (Å²) < 4.78 is 12.2. The number of nitrogen functional groups attached to an aromatic ring is 1. The van der Waals surface area contributed by atoms with Crippen LogP contribution in [0.4, 0.5) is 5.82 Å². The van der Waals surface area contributed by atoms with E-state index in [1.165, 1.54) is 18.0 Å². The SMILES string of the molecule is CO[C@@H]1[C@H](O)[C@@H](CO)O[C@H]1n1cnc2c(N)[nH]c(=O)nc21. The highest BCUT2D eigenvalue weighted by Crippen LogP contribution is 2.33. The van der Waals surface area contributed by atoms with Crippen LogP contribution in [0.25, 0.3) is 11.2 Å². The van der Waals surface area contributed by atoms with Gasteiger partial charge in [0.05, 0.1) is 12.9 Å². The average Bonchev–Trinajstić information content (AvgIpc) is 2.99. The van der Waals surface area contributed by atoms with Crippen molar-refractivity contribution in [3.8, 4) is 0 Å². The molecule has 5 N–H and O–H groups in total. The normalized spacial score (nSPS) is 29.3. The number of imidazole rings is 1. The lowest BCUT2D eigenvalue weighted by molar-refractivity contribution is -0.0583. The molecule has 0 aromatic carbocycles. The zero-order chi connectivity index (χ0) is 15.1. The van der Waals surface area contributed by atoms with E-state index in [9.17, 15) is 15.0 Å². The predicted octanol–water partition coefficient (Wildman–Crippen LogP) is -2.03. The first-order chi connectivity index (χ1) is 10.1. The van der Waals surface area contributed by atoms with Crippen LogP contribution in [0.15, 0.2) is 11.1 Å². The molecule has 1 aliphatic heterocycles. The van der Waals surface area contributed by atoms with E-state index in [4.69, 9.17) is 15.2 Å². The molecule has 114 valence electrons. The number of aliphatic hydroxyl groups is 2. The van der Waals surface area contributed by atoms with Crippen molar-refractivity contribution >= 4 is 17.0 Å². The molecule has 1 aliphatic rings. The zero-order valence-corrected chi connectivity index (χ0v) is 11.1. The van der Waals surface area contributed by atoms with E-state index in [1.807, 2.05) is 0 Å². The third kappa shape index (κ3) is 2.08. The molecule has 1 fully saturated rings. The van der Waals surface area contributed by atoms with Crippen LogP contribution in [0.5, 0.6) is 0 Å². The highest BCUT2D eigenvalue weighted by molar-refractivity contribution is 5.81. The molecule has 0 unspecified atom stereocenters. The predicted molar refractivity (Wildman–Crippen MR) is 70.4 cm³/mol. The van der Waals surface area contributed by atoms with E-state index in [2.05, 4.69) is 15.0 Å². The maximum Gasteiger partial charge on any atom is 0.348 e. The second-order valence-corrected chi connectivity index (χ2v) is 4.72. The van der Waals surface area contributed by atoms with Crippen molar-refractivity contribution in [2.45, 2.75) is 24.5 Å². The number of nitrogens with zero attached hydrogens (tertiary/aromatic N) is 3. The first kappa shape index (κ1) is 13.9. The topological polar surface area (TPSA) is 149 Å². The molecule has 0 radical (unpaired) electrons. The fourth-order valence-corrected chi connectivity index (χ4v) is 2.49. The van der Waals surface area contributed by atoms with Gasteiger partial charge in [0.25, 0.3) is 0 Å². The number of rotatable bonds is 3. The number of hydrogen-bond acceptors (Lipinski definition) is 8. The number of hydrogen-bond donors (Lipinski definition) is 4. The number of fused-ring (bicyclic) bond motifs is 1. The van der Waals surface area contributed by atoms with Crippen molar-refractivity contribution in [1.29, 1.82) is 0 Å². The molecule has 3 heterocycles. The summed E-state index contributed by atoms with van der Waals surface area (Å²) in [5, 5.41) is 19.3. The number of ether oxygens (including phenoxy) is 2. The van der Waals surface area contributed by atoms with Gasteiger partial charge in [-0.25, -0.2) is 9.78 Å². The number of nitrogens with two attached hydrogens (primary N) is 1. The van der Waals surface area contributed by atoms with Crippen LogP contribution in [-0.4, -0.2) is 61.8 Å². The minimum Gasteiger partial charge on any atom is -0.394 e. The number of methoxy groups -OCH3 is 1. The summed E-state index contributed by atoms with van der Waals surface area (Å²) in [6, 6.07) is 0. The van der Waals surface area contributed by atoms with E-state index < -0.39 is 30.2 Å². The lowest BCUT2D eigenvalue weighted by Gasteiger charge is -2.19. The number of anilines is 1. The molecule has 10 heteroatoms. The van der Waals surface area contributed by atoms with Crippen molar-refractivity contribution in [3.63, 3.8) is 0 Å². The van der Waals surface area contributed by atoms with Gasteiger partial charge < -0.3 is 25.4 Å². The van der Waals surface area contributed by atoms with Gasteiger partial charge >= 0.3 is 5.69 Å². The Kier molecular flexibility index (Phi) is 3.37. The van der Waals surface area contributed by atoms with E-state index in [1.54, 1.807) is 0 Å². The van der Waals surface area contributed by atoms with Crippen LogP contribution in [0.1, 0.15) is 6.23 Å². The summed E-state index contributed by atoms with van der Waals surface area (Å²) in [5.41, 5.74) is 5.60. The van der Waals surface area contributed by atoms with E-state index >= 15 is 0 Å². The summed E-state index contributed by atoms with van der Waals surface area (Å²) in [6.07, 6.45) is -1.92. The fourth-order valence-electron chi connectivity index (χ4n) is 2.49. The van der Waals surface area contributed by atoms with Gasteiger partial charge in [-0.05, 0) is 0 Å².